The van der Waals surface area contributed by atoms with E-state index < -0.39 is 0 Å². The number of aromatic nitrogens is 3. The van der Waals surface area contributed by atoms with Crippen LogP contribution in [0.4, 0.5) is 5.13 Å². The number of pyridine rings is 1. The molecule has 90 valence electrons. The van der Waals surface area contributed by atoms with Crippen molar-refractivity contribution in [3.05, 3.63) is 24.0 Å². The molecule has 5 nitrogen and oxygen atoms in total. The fraction of sp³-hybridized carbons (Fsp3) is 0.364. The molecule has 2 aromatic rings. The van der Waals surface area contributed by atoms with Gasteiger partial charge in [-0.2, -0.15) is 9.36 Å². The number of ether oxygens (including phenoxy) is 1. The fourth-order valence-corrected chi connectivity index (χ4v) is 1.97. The molecule has 0 aliphatic heterocycles. The van der Waals surface area contributed by atoms with E-state index in [0.29, 0.717) is 6.61 Å². The number of rotatable bonds is 5. The molecule has 6 heteroatoms. The second kappa shape index (κ2) is 5.70. The maximum Gasteiger partial charge on any atom is 0.202 e. The van der Waals surface area contributed by atoms with Crippen LogP contribution in [0.1, 0.15) is 5.56 Å². The zero-order valence-corrected chi connectivity index (χ0v) is 10.6. The number of hydrogen-bond acceptors (Lipinski definition) is 6. The molecule has 0 spiro atoms. The van der Waals surface area contributed by atoms with Gasteiger partial charge in [-0.05, 0) is 18.6 Å². The van der Waals surface area contributed by atoms with E-state index in [1.54, 1.807) is 19.5 Å². The van der Waals surface area contributed by atoms with E-state index in [-0.39, 0.29) is 0 Å². The smallest absolute Gasteiger partial charge is 0.202 e. The van der Waals surface area contributed by atoms with E-state index in [1.165, 1.54) is 11.5 Å². The van der Waals surface area contributed by atoms with Gasteiger partial charge in [-0.15, -0.1) is 0 Å². The van der Waals surface area contributed by atoms with Gasteiger partial charge in [-0.3, -0.25) is 4.98 Å². The van der Waals surface area contributed by atoms with E-state index >= 15 is 0 Å². The molecule has 0 aliphatic rings. The Bertz CT molecular complexity index is 486. The minimum absolute atomic E-state index is 0.654. The lowest BCUT2D eigenvalue weighted by molar-refractivity contribution is 0.211. The average Bonchev–Trinajstić information content (AvgIpc) is 2.79. The minimum Gasteiger partial charge on any atom is -0.383 e. The van der Waals surface area contributed by atoms with Crippen molar-refractivity contribution in [2.45, 2.75) is 6.92 Å². The van der Waals surface area contributed by atoms with Crippen LogP contribution in [0.5, 0.6) is 0 Å². The molecule has 0 bridgehead atoms. The van der Waals surface area contributed by atoms with Crippen LogP contribution in [0.25, 0.3) is 11.4 Å². The lowest BCUT2D eigenvalue weighted by Crippen LogP contribution is -2.07. The van der Waals surface area contributed by atoms with Crippen molar-refractivity contribution in [2.75, 3.05) is 25.6 Å². The standard InChI is InChI=1S/C11H14N4OS/c1-8-3-4-12-7-9(8)10-14-11(17-15-10)13-5-6-16-2/h3-4,7H,5-6H2,1-2H3,(H,13,14,15). The molecule has 2 aromatic heterocycles. The molecular formula is C11H14N4OS. The maximum absolute atomic E-state index is 4.96. The Morgan fingerprint density at radius 3 is 3.12 bits per heavy atom. The molecule has 0 saturated heterocycles. The number of nitrogens with one attached hydrogen (secondary N) is 1. The largest absolute Gasteiger partial charge is 0.383 e. The normalized spacial score (nSPS) is 10.5. The van der Waals surface area contributed by atoms with Gasteiger partial charge >= 0.3 is 0 Å². The molecule has 0 radical (unpaired) electrons. The summed E-state index contributed by atoms with van der Waals surface area (Å²) < 4.78 is 9.27. The summed E-state index contributed by atoms with van der Waals surface area (Å²) in [5, 5.41) is 3.96. The molecule has 2 rings (SSSR count). The molecule has 0 fully saturated rings. The third-order valence-electron chi connectivity index (χ3n) is 2.29. The van der Waals surface area contributed by atoms with Crippen LogP contribution in [0.3, 0.4) is 0 Å². The summed E-state index contributed by atoms with van der Waals surface area (Å²) in [4.78, 5) is 8.50. The van der Waals surface area contributed by atoms with Gasteiger partial charge in [0.15, 0.2) is 5.82 Å². The van der Waals surface area contributed by atoms with E-state index in [0.717, 1.165) is 28.6 Å². The number of hydrogen-bond donors (Lipinski definition) is 1. The number of methoxy groups -OCH3 is 1. The zero-order chi connectivity index (χ0) is 12.1. The summed E-state index contributed by atoms with van der Waals surface area (Å²) >= 11 is 1.35. The molecule has 0 unspecified atom stereocenters. The number of nitrogens with zero attached hydrogens (tertiary/aromatic N) is 3. The monoisotopic (exact) mass is 250 g/mol. The van der Waals surface area contributed by atoms with Crippen LogP contribution in [-0.4, -0.2) is 34.6 Å². The highest BCUT2D eigenvalue weighted by molar-refractivity contribution is 7.09. The van der Waals surface area contributed by atoms with Crippen molar-refractivity contribution in [1.82, 2.24) is 14.3 Å². The van der Waals surface area contributed by atoms with E-state index in [4.69, 9.17) is 4.74 Å². The van der Waals surface area contributed by atoms with E-state index in [2.05, 4.69) is 19.7 Å². The van der Waals surface area contributed by atoms with Gasteiger partial charge in [-0.25, -0.2) is 0 Å². The molecule has 17 heavy (non-hydrogen) atoms. The van der Waals surface area contributed by atoms with Crippen molar-refractivity contribution in [3.63, 3.8) is 0 Å². The average molecular weight is 250 g/mol. The van der Waals surface area contributed by atoms with Crippen LogP contribution in [0, 0.1) is 6.92 Å². The topological polar surface area (TPSA) is 59.9 Å². The van der Waals surface area contributed by atoms with Crippen LogP contribution < -0.4 is 5.32 Å². The lowest BCUT2D eigenvalue weighted by atomic mass is 10.1. The predicted molar refractivity (Wildman–Crippen MR) is 68.2 cm³/mol. The molecule has 0 amide bonds. The zero-order valence-electron chi connectivity index (χ0n) is 9.80. The van der Waals surface area contributed by atoms with Crippen LogP contribution in [0.2, 0.25) is 0 Å². The molecule has 0 aromatic carbocycles. The molecular weight excluding hydrogens is 236 g/mol. The summed E-state index contributed by atoms with van der Waals surface area (Å²) in [5.41, 5.74) is 2.10. The van der Waals surface area contributed by atoms with Crippen LogP contribution >= 0.6 is 11.5 Å². The van der Waals surface area contributed by atoms with Crippen molar-refractivity contribution < 1.29 is 4.74 Å². The van der Waals surface area contributed by atoms with Crippen molar-refractivity contribution in [3.8, 4) is 11.4 Å². The number of aryl methyl sites for hydroxylation is 1. The van der Waals surface area contributed by atoms with Gasteiger partial charge in [0.2, 0.25) is 5.13 Å². The highest BCUT2D eigenvalue weighted by Gasteiger charge is 2.08. The Kier molecular flexibility index (Phi) is 4.00. The molecule has 0 saturated carbocycles. The van der Waals surface area contributed by atoms with Gasteiger partial charge in [0.25, 0.3) is 0 Å². The third kappa shape index (κ3) is 2.98. The first kappa shape index (κ1) is 11.9. The molecule has 2 heterocycles. The summed E-state index contributed by atoms with van der Waals surface area (Å²) in [6.45, 7) is 3.41. The minimum atomic E-state index is 0.654. The van der Waals surface area contributed by atoms with Crippen LogP contribution in [0.15, 0.2) is 18.5 Å². The first-order valence-electron chi connectivity index (χ1n) is 5.29. The first-order chi connectivity index (χ1) is 8.31. The quantitative estimate of drug-likeness (QED) is 0.822. The third-order valence-corrected chi connectivity index (χ3v) is 2.96. The van der Waals surface area contributed by atoms with Gasteiger partial charge in [0.1, 0.15) is 0 Å². The highest BCUT2D eigenvalue weighted by atomic mass is 32.1. The Morgan fingerprint density at radius 1 is 1.47 bits per heavy atom. The predicted octanol–water partition coefficient (Wildman–Crippen LogP) is 1.97. The Morgan fingerprint density at radius 2 is 2.35 bits per heavy atom. The van der Waals surface area contributed by atoms with Crippen LogP contribution in [-0.2, 0) is 4.74 Å². The van der Waals surface area contributed by atoms with Crippen molar-refractivity contribution in [2.24, 2.45) is 0 Å². The van der Waals surface area contributed by atoms with Gasteiger partial charge < -0.3 is 10.1 Å². The lowest BCUT2D eigenvalue weighted by Gasteiger charge is -2.00. The van der Waals surface area contributed by atoms with Gasteiger partial charge in [-0.1, -0.05) is 0 Å². The van der Waals surface area contributed by atoms with Crippen molar-refractivity contribution >= 4 is 16.7 Å². The van der Waals surface area contributed by atoms with Crippen molar-refractivity contribution in [1.29, 1.82) is 0 Å². The Balaban J connectivity index is 2.10. The SMILES string of the molecule is COCCNc1nc(-c2cnccc2C)ns1. The summed E-state index contributed by atoms with van der Waals surface area (Å²) in [6.07, 6.45) is 3.55. The Labute approximate surface area is 104 Å². The Hall–Kier alpha value is -1.53. The highest BCUT2D eigenvalue weighted by Crippen LogP contribution is 2.22. The summed E-state index contributed by atoms with van der Waals surface area (Å²) in [7, 11) is 1.67. The first-order valence-corrected chi connectivity index (χ1v) is 6.06. The maximum atomic E-state index is 4.96. The molecule has 1 N–H and O–H groups in total. The molecule has 0 atom stereocenters. The van der Waals surface area contributed by atoms with Gasteiger partial charge in [0, 0.05) is 43.1 Å². The van der Waals surface area contributed by atoms with E-state index in [1.807, 2.05) is 13.0 Å². The van der Waals surface area contributed by atoms with E-state index in [9.17, 15) is 0 Å². The second-order valence-corrected chi connectivity index (χ2v) is 4.29. The van der Waals surface area contributed by atoms with Gasteiger partial charge in [0.05, 0.1) is 6.61 Å². The fourth-order valence-electron chi connectivity index (χ4n) is 1.36. The summed E-state index contributed by atoms with van der Waals surface area (Å²) in [5.74, 6) is 0.723. The second-order valence-electron chi connectivity index (χ2n) is 3.53. The summed E-state index contributed by atoms with van der Waals surface area (Å²) in [6, 6.07) is 1.95. The molecule has 0 aliphatic carbocycles. The number of anilines is 1.